The van der Waals surface area contributed by atoms with Gasteiger partial charge in [0.15, 0.2) is 17.5 Å². The number of rotatable bonds is 5. The molecule has 3 heterocycles. The van der Waals surface area contributed by atoms with Crippen LogP contribution in [-0.4, -0.2) is 35.9 Å². The first kappa shape index (κ1) is 15.0. The van der Waals surface area contributed by atoms with Crippen molar-refractivity contribution in [1.82, 2.24) is 30.2 Å². The number of nitrogens with two attached hydrogens (primary N) is 1. The van der Waals surface area contributed by atoms with Crippen molar-refractivity contribution in [3.63, 3.8) is 0 Å². The Hall–Kier alpha value is -2.88. The normalized spacial score (nSPS) is 11.7. The lowest BCUT2D eigenvalue weighted by Gasteiger charge is -2.07. The fourth-order valence-corrected chi connectivity index (χ4v) is 2.45. The smallest absolute Gasteiger partial charge is 0.206 e. The van der Waals surface area contributed by atoms with Crippen LogP contribution < -0.4 is 5.73 Å². The number of aryl methyl sites for hydroxylation is 2. The number of nitrogen functional groups attached to an aromatic ring is 1. The number of aromatic nitrogens is 6. The molecule has 3 rings (SSSR count). The van der Waals surface area contributed by atoms with E-state index in [1.54, 1.807) is 13.2 Å². The van der Waals surface area contributed by atoms with Gasteiger partial charge < -0.3 is 10.6 Å². The van der Waals surface area contributed by atoms with Crippen LogP contribution in [0.1, 0.15) is 22.8 Å². The van der Waals surface area contributed by atoms with E-state index in [9.17, 15) is 0 Å². The molecule has 0 saturated carbocycles. The highest BCUT2D eigenvalue weighted by Crippen LogP contribution is 2.13. The first-order chi connectivity index (χ1) is 11.1. The molecule has 0 aliphatic rings. The molecule has 0 fully saturated rings. The van der Waals surface area contributed by atoms with Crippen LogP contribution in [0.5, 0.6) is 0 Å². The van der Waals surface area contributed by atoms with Crippen LogP contribution in [0, 0.1) is 6.92 Å². The lowest BCUT2D eigenvalue weighted by molar-refractivity contribution is 0.128. The van der Waals surface area contributed by atoms with Crippen molar-refractivity contribution in [3.8, 4) is 0 Å². The van der Waals surface area contributed by atoms with Gasteiger partial charge in [0, 0.05) is 18.6 Å². The highest BCUT2D eigenvalue weighted by molar-refractivity contribution is 7.13. The Morgan fingerprint density at radius 2 is 2.35 bits per heavy atom. The molecule has 3 aromatic heterocycles. The molecule has 23 heavy (non-hydrogen) atoms. The zero-order valence-electron chi connectivity index (χ0n) is 12.5. The van der Waals surface area contributed by atoms with Crippen LogP contribution in [0.15, 0.2) is 28.9 Å². The van der Waals surface area contributed by atoms with E-state index in [4.69, 9.17) is 10.6 Å². The molecule has 10 heteroatoms. The summed E-state index contributed by atoms with van der Waals surface area (Å²) in [5, 5.41) is 17.9. The second kappa shape index (κ2) is 6.48. The molecule has 118 valence electrons. The van der Waals surface area contributed by atoms with Crippen molar-refractivity contribution in [2.45, 2.75) is 13.5 Å². The van der Waals surface area contributed by atoms with Crippen molar-refractivity contribution in [1.29, 1.82) is 0 Å². The van der Waals surface area contributed by atoms with Gasteiger partial charge in [0.25, 0.3) is 0 Å². The van der Waals surface area contributed by atoms with Crippen LogP contribution in [-0.2, 0) is 18.5 Å². The van der Waals surface area contributed by atoms with Gasteiger partial charge in [-0.1, -0.05) is 11.2 Å². The number of pyridine rings is 1. The van der Waals surface area contributed by atoms with E-state index in [0.717, 1.165) is 5.56 Å². The van der Waals surface area contributed by atoms with E-state index in [1.807, 2.05) is 24.4 Å². The number of thiazole rings is 1. The molecule has 0 saturated heterocycles. The summed E-state index contributed by atoms with van der Waals surface area (Å²) in [7, 11) is 1.73. The molecule has 0 aliphatic heterocycles. The van der Waals surface area contributed by atoms with Crippen molar-refractivity contribution in [3.05, 3.63) is 46.5 Å². The summed E-state index contributed by atoms with van der Waals surface area (Å²) in [6.07, 6.45) is 1.68. The number of oxime groups is 1. The lowest BCUT2D eigenvalue weighted by Crippen LogP contribution is -2.15. The molecule has 0 spiro atoms. The molecule has 2 N–H and O–H groups in total. The van der Waals surface area contributed by atoms with Gasteiger partial charge in [-0.3, -0.25) is 4.98 Å². The van der Waals surface area contributed by atoms with Crippen LogP contribution in [0.4, 0.5) is 5.13 Å². The first-order valence-corrected chi connectivity index (χ1v) is 7.57. The fourth-order valence-electron chi connectivity index (χ4n) is 1.91. The molecular formula is C13H14N8OS. The summed E-state index contributed by atoms with van der Waals surface area (Å²) < 4.78 is 1.51. The first-order valence-electron chi connectivity index (χ1n) is 6.69. The summed E-state index contributed by atoms with van der Waals surface area (Å²) in [6, 6.07) is 3.78. The second-order valence-corrected chi connectivity index (χ2v) is 5.58. The van der Waals surface area contributed by atoms with E-state index in [1.165, 1.54) is 16.0 Å². The van der Waals surface area contributed by atoms with Gasteiger partial charge in [0.1, 0.15) is 0 Å². The maximum atomic E-state index is 5.59. The molecule has 0 unspecified atom stereocenters. The SMILES string of the molecule is Cc1cccnc1/C(=N\OCc1csc(N)n1)c1nnnn1C. The van der Waals surface area contributed by atoms with Crippen molar-refractivity contribution in [2.75, 3.05) is 5.73 Å². The molecule has 0 aliphatic carbocycles. The molecular weight excluding hydrogens is 316 g/mol. The van der Waals surface area contributed by atoms with E-state index in [0.29, 0.717) is 28.1 Å². The van der Waals surface area contributed by atoms with Gasteiger partial charge >= 0.3 is 0 Å². The van der Waals surface area contributed by atoms with Crippen LogP contribution >= 0.6 is 11.3 Å². The Morgan fingerprint density at radius 3 is 3.00 bits per heavy atom. The van der Waals surface area contributed by atoms with Crippen LogP contribution in [0.2, 0.25) is 0 Å². The monoisotopic (exact) mass is 330 g/mol. The van der Waals surface area contributed by atoms with Crippen molar-refractivity contribution < 1.29 is 4.84 Å². The summed E-state index contributed by atoms with van der Waals surface area (Å²) in [4.78, 5) is 13.9. The average Bonchev–Trinajstić information content (AvgIpc) is 3.13. The Bertz CT molecular complexity index is 840. The van der Waals surface area contributed by atoms with Gasteiger partial charge in [-0.25, -0.2) is 9.67 Å². The quantitative estimate of drug-likeness (QED) is 0.546. The van der Waals surface area contributed by atoms with E-state index < -0.39 is 0 Å². The molecule has 0 atom stereocenters. The summed E-state index contributed by atoms with van der Waals surface area (Å²) >= 11 is 1.35. The summed E-state index contributed by atoms with van der Waals surface area (Å²) in [5.41, 5.74) is 8.36. The molecule has 0 radical (unpaired) electrons. The fraction of sp³-hybridized carbons (Fsp3) is 0.231. The minimum atomic E-state index is 0.203. The maximum absolute atomic E-state index is 5.59. The number of hydrogen-bond donors (Lipinski definition) is 1. The Morgan fingerprint density at radius 1 is 1.48 bits per heavy atom. The van der Waals surface area contributed by atoms with Gasteiger partial charge in [-0.2, -0.15) is 0 Å². The van der Waals surface area contributed by atoms with Gasteiger partial charge in [0.2, 0.25) is 5.82 Å². The molecule has 3 aromatic rings. The number of hydrogen-bond acceptors (Lipinski definition) is 9. The third kappa shape index (κ3) is 3.31. The van der Waals surface area contributed by atoms with Crippen LogP contribution in [0.25, 0.3) is 0 Å². The average molecular weight is 330 g/mol. The molecule has 0 bridgehead atoms. The predicted octanol–water partition coefficient (Wildman–Crippen LogP) is 0.921. The van der Waals surface area contributed by atoms with Crippen molar-refractivity contribution in [2.24, 2.45) is 12.2 Å². The van der Waals surface area contributed by atoms with E-state index in [-0.39, 0.29) is 6.61 Å². The zero-order chi connectivity index (χ0) is 16.2. The highest BCUT2D eigenvalue weighted by atomic mass is 32.1. The minimum absolute atomic E-state index is 0.203. The van der Waals surface area contributed by atoms with E-state index in [2.05, 4.69) is 30.6 Å². The van der Waals surface area contributed by atoms with Gasteiger partial charge in [-0.15, -0.1) is 16.4 Å². The second-order valence-electron chi connectivity index (χ2n) is 4.69. The summed E-state index contributed by atoms with van der Waals surface area (Å²) in [6.45, 7) is 2.14. The number of tetrazole rings is 1. The predicted molar refractivity (Wildman–Crippen MR) is 84.7 cm³/mol. The zero-order valence-corrected chi connectivity index (χ0v) is 13.4. The van der Waals surface area contributed by atoms with Crippen molar-refractivity contribution >= 4 is 22.2 Å². The standard InChI is InChI=1S/C13H14N8OS/c1-8-4-3-5-15-10(8)11(12-17-19-20-21(12)2)18-22-6-9-7-23-13(14)16-9/h3-5,7H,6H2,1-2H3,(H2,14,16)/b18-11+. The van der Waals surface area contributed by atoms with Gasteiger partial charge in [-0.05, 0) is 29.0 Å². The molecule has 0 amide bonds. The minimum Gasteiger partial charge on any atom is -0.389 e. The Kier molecular flexibility index (Phi) is 4.24. The van der Waals surface area contributed by atoms with Gasteiger partial charge in [0.05, 0.1) is 11.4 Å². The van der Waals surface area contributed by atoms with Crippen LogP contribution in [0.3, 0.4) is 0 Å². The lowest BCUT2D eigenvalue weighted by atomic mass is 10.1. The number of nitrogens with zero attached hydrogens (tertiary/aromatic N) is 7. The maximum Gasteiger partial charge on any atom is 0.206 e. The highest BCUT2D eigenvalue weighted by Gasteiger charge is 2.18. The topological polar surface area (TPSA) is 117 Å². The number of anilines is 1. The Balaban J connectivity index is 1.91. The largest absolute Gasteiger partial charge is 0.389 e. The Labute approximate surface area is 135 Å². The third-order valence-corrected chi connectivity index (χ3v) is 3.73. The molecule has 0 aromatic carbocycles. The molecule has 9 nitrogen and oxygen atoms in total. The van der Waals surface area contributed by atoms with E-state index >= 15 is 0 Å². The summed E-state index contributed by atoms with van der Waals surface area (Å²) in [5.74, 6) is 0.463. The third-order valence-electron chi connectivity index (χ3n) is 3.00.